The number of nitrogens with one attached hydrogen (secondary N) is 1. The van der Waals surface area contributed by atoms with Crippen molar-refractivity contribution in [2.45, 2.75) is 25.3 Å². The fourth-order valence-corrected chi connectivity index (χ4v) is 3.32. The first-order valence-corrected chi connectivity index (χ1v) is 6.64. The third kappa shape index (κ3) is 3.15. The summed E-state index contributed by atoms with van der Waals surface area (Å²) in [5.41, 5.74) is 0. The Kier molecular flexibility index (Phi) is 3.94. The first-order chi connectivity index (χ1) is 6.45. The number of thioether (sulfide) groups is 1. The molecule has 0 amide bonds. The van der Waals surface area contributed by atoms with Crippen LogP contribution in [0.25, 0.3) is 0 Å². The van der Waals surface area contributed by atoms with Crippen LogP contribution in [0.2, 0.25) is 0 Å². The second kappa shape index (κ2) is 5.23. The number of rotatable bonds is 4. The van der Waals surface area contributed by atoms with Crippen molar-refractivity contribution in [3.8, 4) is 0 Å². The van der Waals surface area contributed by atoms with Crippen LogP contribution in [0.4, 0.5) is 0 Å². The first kappa shape index (κ1) is 9.81. The minimum Gasteiger partial charge on any atom is -0.312 e. The van der Waals surface area contributed by atoms with E-state index in [2.05, 4.69) is 22.0 Å². The van der Waals surface area contributed by atoms with Gasteiger partial charge in [-0.3, -0.25) is 0 Å². The largest absolute Gasteiger partial charge is 0.312 e. The molecule has 0 bridgehead atoms. The van der Waals surface area contributed by atoms with Crippen molar-refractivity contribution in [2.24, 2.45) is 0 Å². The number of hydrogen-bond donors (Lipinski definition) is 1. The molecule has 0 aromatic heterocycles. The van der Waals surface area contributed by atoms with Crippen LogP contribution < -0.4 is 5.32 Å². The summed E-state index contributed by atoms with van der Waals surface area (Å²) in [6.07, 6.45) is 4.21. The molecule has 2 rings (SSSR count). The molecule has 0 spiro atoms. The lowest BCUT2D eigenvalue weighted by atomic mass is 10.2. The summed E-state index contributed by atoms with van der Waals surface area (Å²) in [6, 6.07) is 0.813. The van der Waals surface area contributed by atoms with Crippen molar-refractivity contribution in [1.29, 1.82) is 0 Å². The van der Waals surface area contributed by atoms with E-state index in [0.29, 0.717) is 0 Å². The summed E-state index contributed by atoms with van der Waals surface area (Å²) in [7, 11) is 0. The highest BCUT2D eigenvalue weighted by atomic mass is 32.2. The molecule has 2 heterocycles. The van der Waals surface area contributed by atoms with Crippen LogP contribution in [0.3, 0.4) is 0 Å². The molecular weight excluding hydrogens is 180 g/mol. The van der Waals surface area contributed by atoms with Crippen molar-refractivity contribution in [3.63, 3.8) is 0 Å². The van der Waals surface area contributed by atoms with Gasteiger partial charge in [-0.2, -0.15) is 11.8 Å². The van der Waals surface area contributed by atoms with Gasteiger partial charge in [0.15, 0.2) is 0 Å². The van der Waals surface area contributed by atoms with Gasteiger partial charge >= 0.3 is 0 Å². The SMILES string of the molecule is C1CCN(CCNC2CCSC2)C1. The highest BCUT2D eigenvalue weighted by molar-refractivity contribution is 7.99. The third-order valence-electron chi connectivity index (χ3n) is 2.99. The highest BCUT2D eigenvalue weighted by Crippen LogP contribution is 2.16. The van der Waals surface area contributed by atoms with Crippen LogP contribution >= 0.6 is 11.8 Å². The van der Waals surface area contributed by atoms with E-state index in [1.54, 1.807) is 0 Å². The Morgan fingerprint density at radius 3 is 2.85 bits per heavy atom. The first-order valence-electron chi connectivity index (χ1n) is 5.48. The molecule has 2 nitrogen and oxygen atoms in total. The molecule has 0 aromatic carbocycles. The van der Waals surface area contributed by atoms with Crippen LogP contribution in [0.5, 0.6) is 0 Å². The monoisotopic (exact) mass is 200 g/mol. The molecule has 76 valence electrons. The maximum Gasteiger partial charge on any atom is 0.0166 e. The molecular formula is C10H20N2S. The van der Waals surface area contributed by atoms with E-state index in [-0.39, 0.29) is 0 Å². The van der Waals surface area contributed by atoms with Gasteiger partial charge in [-0.05, 0) is 38.1 Å². The Labute approximate surface area is 85.4 Å². The van der Waals surface area contributed by atoms with Gasteiger partial charge in [-0.25, -0.2) is 0 Å². The van der Waals surface area contributed by atoms with Crippen molar-refractivity contribution in [2.75, 3.05) is 37.7 Å². The van der Waals surface area contributed by atoms with Crippen LogP contribution in [0.15, 0.2) is 0 Å². The van der Waals surface area contributed by atoms with Crippen LogP contribution in [0, 0.1) is 0 Å². The zero-order valence-electron chi connectivity index (χ0n) is 8.30. The molecule has 2 aliphatic heterocycles. The van der Waals surface area contributed by atoms with E-state index in [0.717, 1.165) is 6.04 Å². The Morgan fingerprint density at radius 1 is 1.31 bits per heavy atom. The molecule has 1 N–H and O–H groups in total. The summed E-state index contributed by atoms with van der Waals surface area (Å²) < 4.78 is 0. The maximum absolute atomic E-state index is 3.65. The molecule has 0 aliphatic carbocycles. The summed E-state index contributed by atoms with van der Waals surface area (Å²) in [6.45, 7) is 5.13. The second-order valence-corrected chi connectivity index (χ2v) is 5.21. The minimum atomic E-state index is 0.813. The molecule has 0 saturated carbocycles. The van der Waals surface area contributed by atoms with Crippen LogP contribution in [-0.2, 0) is 0 Å². The van der Waals surface area contributed by atoms with E-state index in [4.69, 9.17) is 0 Å². The Balaban J connectivity index is 1.52. The minimum absolute atomic E-state index is 0.813. The molecule has 2 saturated heterocycles. The van der Waals surface area contributed by atoms with Crippen molar-refractivity contribution >= 4 is 11.8 Å². The zero-order chi connectivity index (χ0) is 8.93. The van der Waals surface area contributed by atoms with E-state index in [1.807, 2.05) is 0 Å². The van der Waals surface area contributed by atoms with Crippen molar-refractivity contribution in [1.82, 2.24) is 10.2 Å². The summed E-state index contributed by atoms with van der Waals surface area (Å²) in [5, 5.41) is 3.65. The quantitative estimate of drug-likeness (QED) is 0.733. The lowest BCUT2D eigenvalue weighted by molar-refractivity contribution is 0.329. The molecule has 3 heteroatoms. The molecule has 2 fully saturated rings. The lowest BCUT2D eigenvalue weighted by Crippen LogP contribution is -2.36. The lowest BCUT2D eigenvalue weighted by Gasteiger charge is -2.17. The predicted molar refractivity (Wildman–Crippen MR) is 59.4 cm³/mol. The standard InChI is InChI=1S/C10H20N2S/c1-2-6-12(5-1)7-4-11-10-3-8-13-9-10/h10-11H,1-9H2. The fourth-order valence-electron chi connectivity index (χ4n) is 2.13. The van der Waals surface area contributed by atoms with E-state index in [1.165, 1.54) is 56.9 Å². The van der Waals surface area contributed by atoms with Gasteiger partial charge < -0.3 is 10.2 Å². The molecule has 1 atom stereocenters. The van der Waals surface area contributed by atoms with Gasteiger partial charge in [0, 0.05) is 24.9 Å². The zero-order valence-corrected chi connectivity index (χ0v) is 9.11. The smallest absolute Gasteiger partial charge is 0.0166 e. The van der Waals surface area contributed by atoms with E-state index < -0.39 is 0 Å². The molecule has 0 aromatic rings. The summed E-state index contributed by atoms with van der Waals surface area (Å²) in [4.78, 5) is 2.58. The third-order valence-corrected chi connectivity index (χ3v) is 4.15. The van der Waals surface area contributed by atoms with Gasteiger partial charge in [0.2, 0.25) is 0 Å². The number of nitrogens with zero attached hydrogens (tertiary/aromatic N) is 1. The highest BCUT2D eigenvalue weighted by Gasteiger charge is 2.15. The van der Waals surface area contributed by atoms with Gasteiger partial charge in [0.1, 0.15) is 0 Å². The summed E-state index contributed by atoms with van der Waals surface area (Å²) >= 11 is 2.09. The second-order valence-electron chi connectivity index (χ2n) is 4.06. The van der Waals surface area contributed by atoms with Gasteiger partial charge in [0.25, 0.3) is 0 Å². The van der Waals surface area contributed by atoms with E-state index in [9.17, 15) is 0 Å². The average Bonchev–Trinajstić information content (AvgIpc) is 2.75. The van der Waals surface area contributed by atoms with Gasteiger partial charge in [-0.1, -0.05) is 0 Å². The van der Waals surface area contributed by atoms with Crippen LogP contribution in [0.1, 0.15) is 19.3 Å². The Bertz CT molecular complexity index is 124. The van der Waals surface area contributed by atoms with Crippen molar-refractivity contribution < 1.29 is 0 Å². The molecule has 1 unspecified atom stereocenters. The van der Waals surface area contributed by atoms with Crippen LogP contribution in [-0.4, -0.2) is 48.6 Å². The summed E-state index contributed by atoms with van der Waals surface area (Å²) in [5.74, 6) is 2.70. The number of likely N-dealkylation sites (tertiary alicyclic amines) is 1. The maximum atomic E-state index is 3.65. The normalized spacial score (nSPS) is 30.0. The topological polar surface area (TPSA) is 15.3 Å². The number of hydrogen-bond acceptors (Lipinski definition) is 3. The molecule has 13 heavy (non-hydrogen) atoms. The van der Waals surface area contributed by atoms with Crippen molar-refractivity contribution in [3.05, 3.63) is 0 Å². The Hall–Kier alpha value is 0.270. The fraction of sp³-hybridized carbons (Fsp3) is 1.00. The average molecular weight is 200 g/mol. The van der Waals surface area contributed by atoms with Gasteiger partial charge in [0.05, 0.1) is 0 Å². The molecule has 0 radical (unpaired) electrons. The predicted octanol–water partition coefficient (Wildman–Crippen LogP) is 1.18. The van der Waals surface area contributed by atoms with Gasteiger partial charge in [-0.15, -0.1) is 0 Å². The Morgan fingerprint density at radius 2 is 2.15 bits per heavy atom. The molecule has 2 aliphatic rings. The van der Waals surface area contributed by atoms with E-state index >= 15 is 0 Å².